The molecule has 1 aromatic carbocycles. The fraction of sp³-hybridized carbons (Fsp3) is 0.429. The van der Waals surface area contributed by atoms with Crippen molar-refractivity contribution in [3.63, 3.8) is 0 Å². The van der Waals surface area contributed by atoms with Gasteiger partial charge in [0.05, 0.1) is 18.1 Å². The molecule has 9 heteroatoms. The van der Waals surface area contributed by atoms with Crippen LogP contribution in [0.1, 0.15) is 23.7 Å². The number of carbonyl (C=O) groups is 2. The summed E-state index contributed by atoms with van der Waals surface area (Å²) in [5.41, 5.74) is -1.89. The fourth-order valence-corrected chi connectivity index (χ4v) is 2.25. The Balaban J connectivity index is 2.27. The molecular formula is C14H16N2O7. The molecule has 1 aromatic rings. The van der Waals surface area contributed by atoms with Crippen LogP contribution in [0.3, 0.4) is 0 Å². The molecule has 0 bridgehead atoms. The minimum atomic E-state index is -1.51. The largest absolute Gasteiger partial charge is 0.487 e. The van der Waals surface area contributed by atoms with Gasteiger partial charge >= 0.3 is 11.7 Å². The van der Waals surface area contributed by atoms with Gasteiger partial charge in [0.15, 0.2) is 11.3 Å². The van der Waals surface area contributed by atoms with Crippen molar-refractivity contribution in [2.75, 3.05) is 19.8 Å². The lowest BCUT2D eigenvalue weighted by molar-refractivity contribution is -0.385. The average molecular weight is 324 g/mol. The third-order valence-corrected chi connectivity index (χ3v) is 3.50. The molecule has 1 saturated heterocycles. The Morgan fingerprint density at radius 3 is 2.78 bits per heavy atom. The molecule has 9 nitrogen and oxygen atoms in total. The zero-order valence-corrected chi connectivity index (χ0v) is 12.4. The van der Waals surface area contributed by atoms with Gasteiger partial charge < -0.3 is 19.9 Å². The van der Waals surface area contributed by atoms with Crippen LogP contribution < -0.4 is 10.1 Å². The Hall–Kier alpha value is -2.68. The molecule has 0 spiro atoms. The normalized spacial score (nSPS) is 20.0. The van der Waals surface area contributed by atoms with E-state index in [4.69, 9.17) is 9.47 Å². The lowest BCUT2D eigenvalue weighted by Crippen LogP contribution is -2.55. The highest BCUT2D eigenvalue weighted by Gasteiger charge is 2.44. The van der Waals surface area contributed by atoms with Crippen molar-refractivity contribution >= 4 is 17.6 Å². The zero-order chi connectivity index (χ0) is 17.0. The Labute approximate surface area is 131 Å². The topological polar surface area (TPSA) is 128 Å². The fourth-order valence-electron chi connectivity index (χ4n) is 2.25. The van der Waals surface area contributed by atoms with Crippen molar-refractivity contribution < 1.29 is 29.1 Å². The van der Waals surface area contributed by atoms with Gasteiger partial charge in [0.1, 0.15) is 0 Å². The van der Waals surface area contributed by atoms with E-state index in [-0.39, 0.29) is 43.2 Å². The van der Waals surface area contributed by atoms with Gasteiger partial charge in [0.25, 0.3) is 5.91 Å². The van der Waals surface area contributed by atoms with E-state index in [0.717, 1.165) is 6.07 Å². The van der Waals surface area contributed by atoms with Crippen LogP contribution in [0.15, 0.2) is 18.2 Å². The molecule has 0 aromatic heterocycles. The maximum absolute atomic E-state index is 12.3. The molecule has 0 aliphatic carbocycles. The maximum atomic E-state index is 12.3. The van der Waals surface area contributed by atoms with Crippen molar-refractivity contribution in [2.24, 2.45) is 0 Å². The molecule has 23 heavy (non-hydrogen) atoms. The summed E-state index contributed by atoms with van der Waals surface area (Å²) < 4.78 is 10.2. The number of rotatable bonds is 6. The lowest BCUT2D eigenvalue weighted by atomic mass is 9.98. The van der Waals surface area contributed by atoms with Crippen LogP contribution in [-0.2, 0) is 9.53 Å². The van der Waals surface area contributed by atoms with Crippen LogP contribution in [0.4, 0.5) is 5.69 Å². The molecule has 0 saturated carbocycles. The number of ether oxygens (including phenoxy) is 2. The lowest BCUT2D eigenvalue weighted by Gasteiger charge is -2.23. The van der Waals surface area contributed by atoms with E-state index in [2.05, 4.69) is 5.32 Å². The highest BCUT2D eigenvalue weighted by atomic mass is 16.6. The van der Waals surface area contributed by atoms with Gasteiger partial charge in [-0.05, 0) is 19.1 Å². The Morgan fingerprint density at radius 1 is 1.52 bits per heavy atom. The van der Waals surface area contributed by atoms with Crippen molar-refractivity contribution in [1.29, 1.82) is 0 Å². The number of carbonyl (C=O) groups excluding carboxylic acids is 1. The number of hydrogen-bond acceptors (Lipinski definition) is 6. The molecule has 1 atom stereocenters. The van der Waals surface area contributed by atoms with E-state index in [1.807, 2.05) is 0 Å². The Morgan fingerprint density at radius 2 is 2.26 bits per heavy atom. The number of nitro benzene ring substituents is 1. The summed E-state index contributed by atoms with van der Waals surface area (Å²) >= 11 is 0. The number of nitro groups is 1. The highest BCUT2D eigenvalue weighted by Crippen LogP contribution is 2.28. The third-order valence-electron chi connectivity index (χ3n) is 3.50. The second-order valence-corrected chi connectivity index (χ2v) is 5.02. The van der Waals surface area contributed by atoms with Crippen molar-refractivity contribution in [3.05, 3.63) is 33.9 Å². The molecule has 2 N–H and O–H groups in total. The summed E-state index contributed by atoms with van der Waals surface area (Å²) in [6.07, 6.45) is 0.132. The monoisotopic (exact) mass is 324 g/mol. The van der Waals surface area contributed by atoms with Crippen LogP contribution in [0.25, 0.3) is 0 Å². The van der Waals surface area contributed by atoms with Gasteiger partial charge in [0.2, 0.25) is 0 Å². The van der Waals surface area contributed by atoms with E-state index in [9.17, 15) is 24.8 Å². The van der Waals surface area contributed by atoms with E-state index in [1.165, 1.54) is 12.1 Å². The first-order chi connectivity index (χ1) is 10.9. The van der Waals surface area contributed by atoms with Crippen molar-refractivity contribution in [1.82, 2.24) is 5.32 Å². The summed E-state index contributed by atoms with van der Waals surface area (Å²) in [7, 11) is 0. The summed E-state index contributed by atoms with van der Waals surface area (Å²) in [6, 6.07) is 3.72. The highest BCUT2D eigenvalue weighted by molar-refractivity contribution is 5.98. The van der Waals surface area contributed by atoms with Crippen molar-refractivity contribution in [2.45, 2.75) is 18.9 Å². The summed E-state index contributed by atoms with van der Waals surface area (Å²) in [5.74, 6) is -1.88. The average Bonchev–Trinajstić information content (AvgIpc) is 2.97. The molecule has 1 aliphatic heterocycles. The van der Waals surface area contributed by atoms with Gasteiger partial charge in [-0.2, -0.15) is 0 Å². The van der Waals surface area contributed by atoms with Crippen molar-refractivity contribution in [3.8, 4) is 5.75 Å². The Kier molecular flexibility index (Phi) is 4.80. The number of hydrogen-bond donors (Lipinski definition) is 2. The number of aliphatic carboxylic acids is 1. The molecule has 0 radical (unpaired) electrons. The predicted molar refractivity (Wildman–Crippen MR) is 77.5 cm³/mol. The van der Waals surface area contributed by atoms with Gasteiger partial charge in [-0.3, -0.25) is 14.9 Å². The van der Waals surface area contributed by atoms with Crippen LogP contribution in [-0.4, -0.2) is 47.3 Å². The molecule has 2 rings (SSSR count). The van der Waals surface area contributed by atoms with Crippen LogP contribution in [0.2, 0.25) is 0 Å². The first kappa shape index (κ1) is 16.7. The van der Waals surface area contributed by atoms with E-state index >= 15 is 0 Å². The molecule has 1 fully saturated rings. The third kappa shape index (κ3) is 3.39. The Bertz CT molecular complexity index is 638. The summed E-state index contributed by atoms with van der Waals surface area (Å²) in [4.78, 5) is 34.1. The van der Waals surface area contributed by atoms with Crippen LogP contribution in [0.5, 0.6) is 5.75 Å². The number of carboxylic acid groups (broad SMARTS) is 1. The summed E-state index contributed by atoms with van der Waals surface area (Å²) in [5, 5.41) is 22.8. The second-order valence-electron chi connectivity index (χ2n) is 5.02. The first-order valence-electron chi connectivity index (χ1n) is 6.94. The minimum Gasteiger partial charge on any atom is -0.487 e. The van der Waals surface area contributed by atoms with Gasteiger partial charge in [0, 0.05) is 24.7 Å². The number of nitrogens with zero attached hydrogens (tertiary/aromatic N) is 1. The SMILES string of the molecule is CCOc1ccc(C(=O)NC2(C(=O)O)CCOC2)cc1[N+](=O)[O-]. The smallest absolute Gasteiger partial charge is 0.331 e. The van der Waals surface area contributed by atoms with Gasteiger partial charge in [-0.25, -0.2) is 4.79 Å². The molecular weight excluding hydrogens is 308 g/mol. The first-order valence-corrected chi connectivity index (χ1v) is 6.94. The van der Waals surface area contributed by atoms with Crippen LogP contribution >= 0.6 is 0 Å². The summed E-state index contributed by atoms with van der Waals surface area (Å²) in [6.45, 7) is 2.00. The standard InChI is InChI=1S/C14H16N2O7/c1-2-23-11-4-3-9(7-10(11)16(20)21)12(17)15-14(13(18)19)5-6-22-8-14/h3-4,7H,2,5-6,8H2,1H3,(H,15,17)(H,18,19). The number of nitrogens with one attached hydrogen (secondary N) is 1. The molecule has 1 aliphatic rings. The molecule has 1 amide bonds. The number of amides is 1. The van der Waals surface area contributed by atoms with E-state index in [0.29, 0.717) is 0 Å². The zero-order valence-electron chi connectivity index (χ0n) is 12.4. The molecule has 124 valence electrons. The maximum Gasteiger partial charge on any atom is 0.331 e. The number of carboxylic acids is 1. The van der Waals surface area contributed by atoms with Gasteiger partial charge in [-0.15, -0.1) is 0 Å². The minimum absolute atomic E-state index is 0.0207. The predicted octanol–water partition coefficient (Wildman–Crippen LogP) is 0.967. The van der Waals surface area contributed by atoms with Gasteiger partial charge in [-0.1, -0.05) is 0 Å². The van der Waals surface area contributed by atoms with E-state index in [1.54, 1.807) is 6.92 Å². The number of benzene rings is 1. The molecule has 1 unspecified atom stereocenters. The van der Waals surface area contributed by atoms with E-state index < -0.39 is 22.3 Å². The van der Waals surface area contributed by atoms with Crippen LogP contribution in [0, 0.1) is 10.1 Å². The molecule has 1 heterocycles. The second kappa shape index (κ2) is 6.61. The quantitative estimate of drug-likeness (QED) is 0.589.